The number of amides is 3. The molecule has 0 bridgehead atoms. The van der Waals surface area contributed by atoms with Crippen LogP contribution in [0.15, 0.2) is 60.8 Å². The maximum Gasteiger partial charge on any atom is 0.324 e. The molecule has 3 amide bonds. The zero-order chi connectivity index (χ0) is 20.4. The molecule has 7 nitrogen and oxygen atoms in total. The Hall–Kier alpha value is -3.58. The standard InChI is InChI=1S/C22H22N4O3/c1-24-14-17(19-4-2-3-5-20(19)24)15-25-12-13-26(22(25)28)18-9-6-16(7-10-18)8-11-21(27)23-29/h2-11,14,29H,12-13,15H2,1H3,(H,23,27)/b11-8+. The van der Waals surface area contributed by atoms with E-state index in [2.05, 4.69) is 22.9 Å². The van der Waals surface area contributed by atoms with Crippen molar-refractivity contribution in [3.63, 3.8) is 0 Å². The number of carbonyl (C=O) groups excluding carboxylic acids is 2. The van der Waals surface area contributed by atoms with E-state index in [9.17, 15) is 9.59 Å². The Morgan fingerprint density at radius 1 is 1.14 bits per heavy atom. The van der Waals surface area contributed by atoms with Gasteiger partial charge >= 0.3 is 6.03 Å². The number of nitrogens with zero attached hydrogens (tertiary/aromatic N) is 3. The van der Waals surface area contributed by atoms with Gasteiger partial charge in [-0.2, -0.15) is 0 Å². The molecule has 4 rings (SSSR count). The number of rotatable bonds is 5. The van der Waals surface area contributed by atoms with Crippen molar-refractivity contribution in [2.24, 2.45) is 7.05 Å². The highest BCUT2D eigenvalue weighted by molar-refractivity contribution is 5.95. The third-order valence-corrected chi connectivity index (χ3v) is 5.18. The van der Waals surface area contributed by atoms with Gasteiger partial charge in [0.15, 0.2) is 0 Å². The van der Waals surface area contributed by atoms with Gasteiger partial charge in [0.05, 0.1) is 0 Å². The number of para-hydroxylation sites is 1. The summed E-state index contributed by atoms with van der Waals surface area (Å²) in [5, 5.41) is 9.69. The van der Waals surface area contributed by atoms with Crippen molar-refractivity contribution in [3.8, 4) is 0 Å². The van der Waals surface area contributed by atoms with Crippen LogP contribution in [0, 0.1) is 0 Å². The molecule has 1 aliphatic heterocycles. The number of benzene rings is 2. The van der Waals surface area contributed by atoms with E-state index in [-0.39, 0.29) is 6.03 Å². The van der Waals surface area contributed by atoms with Gasteiger partial charge in [0.2, 0.25) is 0 Å². The highest BCUT2D eigenvalue weighted by atomic mass is 16.5. The fourth-order valence-electron chi connectivity index (χ4n) is 3.70. The smallest absolute Gasteiger partial charge is 0.324 e. The summed E-state index contributed by atoms with van der Waals surface area (Å²) in [6.45, 7) is 1.87. The molecule has 0 spiro atoms. The summed E-state index contributed by atoms with van der Waals surface area (Å²) >= 11 is 0. The fourth-order valence-corrected chi connectivity index (χ4v) is 3.70. The molecular weight excluding hydrogens is 368 g/mol. The van der Waals surface area contributed by atoms with Crippen LogP contribution in [0.4, 0.5) is 10.5 Å². The van der Waals surface area contributed by atoms with E-state index in [0.717, 1.165) is 22.3 Å². The predicted molar refractivity (Wildman–Crippen MR) is 111 cm³/mol. The van der Waals surface area contributed by atoms with E-state index in [0.29, 0.717) is 19.6 Å². The fraction of sp³-hybridized carbons (Fsp3) is 0.182. The first kappa shape index (κ1) is 18.8. The second-order valence-electron chi connectivity index (χ2n) is 7.04. The molecule has 1 fully saturated rings. The van der Waals surface area contributed by atoms with Gasteiger partial charge < -0.3 is 9.47 Å². The quantitative estimate of drug-likeness (QED) is 0.399. The van der Waals surface area contributed by atoms with E-state index < -0.39 is 5.91 Å². The molecule has 0 unspecified atom stereocenters. The molecule has 7 heteroatoms. The second-order valence-corrected chi connectivity index (χ2v) is 7.04. The van der Waals surface area contributed by atoms with Gasteiger partial charge in [0.1, 0.15) is 0 Å². The van der Waals surface area contributed by atoms with E-state index in [4.69, 9.17) is 5.21 Å². The largest absolute Gasteiger partial charge is 0.350 e. The Kier molecular flexibility index (Phi) is 5.05. The highest BCUT2D eigenvalue weighted by Crippen LogP contribution is 2.26. The van der Waals surface area contributed by atoms with Gasteiger partial charge in [-0.05, 0) is 35.4 Å². The van der Waals surface area contributed by atoms with Crippen LogP contribution in [0.25, 0.3) is 17.0 Å². The summed E-state index contributed by atoms with van der Waals surface area (Å²) in [5.41, 5.74) is 5.47. The Morgan fingerprint density at radius 3 is 2.66 bits per heavy atom. The summed E-state index contributed by atoms with van der Waals surface area (Å²) in [4.78, 5) is 27.6. The minimum atomic E-state index is -0.590. The lowest BCUT2D eigenvalue weighted by Gasteiger charge is -2.18. The molecule has 29 heavy (non-hydrogen) atoms. The average molecular weight is 390 g/mol. The van der Waals surface area contributed by atoms with Crippen LogP contribution in [0.3, 0.4) is 0 Å². The minimum Gasteiger partial charge on any atom is -0.350 e. The number of fused-ring (bicyclic) bond motifs is 1. The second kappa shape index (κ2) is 7.81. The number of hydrogen-bond donors (Lipinski definition) is 2. The van der Waals surface area contributed by atoms with Crippen LogP contribution < -0.4 is 10.4 Å². The normalized spacial score (nSPS) is 14.3. The van der Waals surface area contributed by atoms with Crippen LogP contribution >= 0.6 is 0 Å². The van der Waals surface area contributed by atoms with Crippen molar-refractivity contribution in [1.29, 1.82) is 0 Å². The monoisotopic (exact) mass is 390 g/mol. The molecule has 1 aliphatic rings. The van der Waals surface area contributed by atoms with Crippen molar-refractivity contribution < 1.29 is 14.8 Å². The molecule has 2 N–H and O–H groups in total. The number of hydrogen-bond acceptors (Lipinski definition) is 3. The third-order valence-electron chi connectivity index (χ3n) is 5.18. The van der Waals surface area contributed by atoms with Crippen molar-refractivity contribution in [1.82, 2.24) is 14.9 Å². The van der Waals surface area contributed by atoms with Crippen molar-refractivity contribution in [2.75, 3.05) is 18.0 Å². The summed E-state index contributed by atoms with van der Waals surface area (Å²) in [6.07, 6.45) is 4.92. The number of carbonyl (C=O) groups is 2. The van der Waals surface area contributed by atoms with Crippen LogP contribution in [0.5, 0.6) is 0 Å². The number of aryl methyl sites for hydroxylation is 1. The molecule has 0 saturated carbocycles. The molecule has 1 aromatic heterocycles. The van der Waals surface area contributed by atoms with Gasteiger partial charge in [-0.25, -0.2) is 10.3 Å². The Balaban J connectivity index is 1.47. The van der Waals surface area contributed by atoms with Gasteiger partial charge in [-0.15, -0.1) is 0 Å². The highest BCUT2D eigenvalue weighted by Gasteiger charge is 2.30. The summed E-state index contributed by atoms with van der Waals surface area (Å²) in [6, 6.07) is 15.6. The van der Waals surface area contributed by atoms with Gasteiger partial charge in [0, 0.05) is 55.5 Å². The molecule has 2 heterocycles. The van der Waals surface area contributed by atoms with Crippen LogP contribution in [0.2, 0.25) is 0 Å². The first-order valence-electron chi connectivity index (χ1n) is 9.38. The summed E-state index contributed by atoms with van der Waals surface area (Å²) in [5.74, 6) is -0.590. The molecule has 0 radical (unpaired) electrons. The number of nitrogens with one attached hydrogen (secondary N) is 1. The van der Waals surface area contributed by atoms with Crippen molar-refractivity contribution in [3.05, 3.63) is 71.9 Å². The minimum absolute atomic E-state index is 0.0131. The first-order chi connectivity index (χ1) is 14.1. The lowest BCUT2D eigenvalue weighted by Crippen LogP contribution is -2.31. The van der Waals surface area contributed by atoms with Crippen LogP contribution in [0.1, 0.15) is 11.1 Å². The van der Waals surface area contributed by atoms with E-state index in [1.165, 1.54) is 11.5 Å². The first-order valence-corrected chi connectivity index (χ1v) is 9.38. The van der Waals surface area contributed by atoms with Crippen LogP contribution in [-0.4, -0.2) is 39.7 Å². The van der Waals surface area contributed by atoms with E-state index in [1.54, 1.807) is 16.5 Å². The molecule has 3 aromatic rings. The van der Waals surface area contributed by atoms with Crippen molar-refractivity contribution in [2.45, 2.75) is 6.54 Å². The van der Waals surface area contributed by atoms with E-state index in [1.807, 2.05) is 48.3 Å². The molecule has 0 aliphatic carbocycles. The lowest BCUT2D eigenvalue weighted by molar-refractivity contribution is -0.124. The van der Waals surface area contributed by atoms with Gasteiger partial charge in [0.25, 0.3) is 5.91 Å². The van der Waals surface area contributed by atoms with Crippen molar-refractivity contribution >= 4 is 34.6 Å². The Labute approximate surface area is 168 Å². The SMILES string of the molecule is Cn1cc(CN2CCN(c3ccc(/C=C/C(=O)NO)cc3)C2=O)c2ccccc21. The summed E-state index contributed by atoms with van der Waals surface area (Å²) in [7, 11) is 2.02. The molecule has 1 saturated heterocycles. The summed E-state index contributed by atoms with van der Waals surface area (Å²) < 4.78 is 2.09. The third kappa shape index (κ3) is 3.72. The number of hydroxylamine groups is 1. The van der Waals surface area contributed by atoms with Gasteiger partial charge in [-0.1, -0.05) is 30.3 Å². The maximum atomic E-state index is 12.9. The topological polar surface area (TPSA) is 77.8 Å². The molecule has 148 valence electrons. The molecular formula is C22H22N4O3. The Morgan fingerprint density at radius 2 is 1.90 bits per heavy atom. The zero-order valence-electron chi connectivity index (χ0n) is 16.1. The van der Waals surface area contributed by atoms with Gasteiger partial charge in [-0.3, -0.25) is 14.9 Å². The number of anilines is 1. The number of aromatic nitrogens is 1. The molecule has 2 aromatic carbocycles. The predicted octanol–water partition coefficient (Wildman–Crippen LogP) is 3.14. The van der Waals surface area contributed by atoms with E-state index >= 15 is 0 Å². The molecule has 0 atom stereocenters. The van der Waals surface area contributed by atoms with Crippen LogP contribution in [-0.2, 0) is 18.4 Å². The Bertz CT molecular complexity index is 1090. The number of urea groups is 1. The maximum absolute atomic E-state index is 12.9. The average Bonchev–Trinajstić information content (AvgIpc) is 3.27. The lowest BCUT2D eigenvalue weighted by atomic mass is 10.1. The zero-order valence-corrected chi connectivity index (χ0v) is 16.1.